The molecule has 4 nitrogen and oxygen atoms in total. The molecule has 5 aromatic carbocycles. The lowest BCUT2D eigenvalue weighted by atomic mass is 9.73. The van der Waals surface area contributed by atoms with Crippen LogP contribution in [0.15, 0.2) is 115 Å². The topological polar surface area (TPSA) is 50.9 Å². The first kappa shape index (κ1) is 30.3. The smallest absolute Gasteiger partial charge is 0.147 e. The highest BCUT2D eigenvalue weighted by Gasteiger charge is 2.32. The number of benzene rings is 5. The van der Waals surface area contributed by atoms with Gasteiger partial charge in [-0.1, -0.05) is 151 Å². The quantitative estimate of drug-likeness (QED) is 0.161. The summed E-state index contributed by atoms with van der Waals surface area (Å²) in [5.74, 6) is 0.217. The fraction of sp³-hybridized carbons (Fsp3) is 0.268. The van der Waals surface area contributed by atoms with Crippen LogP contribution in [0.2, 0.25) is 0 Å². The first-order valence-corrected chi connectivity index (χ1v) is 16.1. The summed E-state index contributed by atoms with van der Waals surface area (Å²) in [5, 5.41) is 21.7. The summed E-state index contributed by atoms with van der Waals surface area (Å²) in [4.78, 5) is 1.62. The SMILES string of the molecule is CCCCCC(C)(C)c1cc(-n2nc3ccc(-c4ccc(-c5ccccc5)cc4)cc3n2)c(O)c(C(C)(C)c2ccccc2)c1. The summed E-state index contributed by atoms with van der Waals surface area (Å²) in [7, 11) is 0. The number of rotatable bonds is 10. The molecule has 0 radical (unpaired) electrons. The van der Waals surface area contributed by atoms with E-state index in [1.54, 1.807) is 4.80 Å². The van der Waals surface area contributed by atoms with E-state index in [1.807, 2.05) is 18.2 Å². The Morgan fingerprint density at radius 1 is 0.600 bits per heavy atom. The molecule has 0 aliphatic rings. The molecule has 4 heteroatoms. The number of aromatic hydroxyl groups is 1. The van der Waals surface area contributed by atoms with Crippen molar-refractivity contribution in [1.29, 1.82) is 0 Å². The van der Waals surface area contributed by atoms with Crippen molar-refractivity contribution in [3.05, 3.63) is 132 Å². The maximum atomic E-state index is 11.9. The normalized spacial score (nSPS) is 12.1. The van der Waals surface area contributed by atoms with Crippen LogP contribution >= 0.6 is 0 Å². The van der Waals surface area contributed by atoms with Crippen molar-refractivity contribution >= 4 is 11.0 Å². The molecule has 45 heavy (non-hydrogen) atoms. The van der Waals surface area contributed by atoms with Gasteiger partial charge in [-0.25, -0.2) is 0 Å². The Balaban J connectivity index is 1.42. The third-order valence-corrected chi connectivity index (χ3v) is 9.37. The number of hydrogen-bond donors (Lipinski definition) is 1. The van der Waals surface area contributed by atoms with E-state index in [9.17, 15) is 5.11 Å². The van der Waals surface area contributed by atoms with Gasteiger partial charge in [-0.05, 0) is 63.4 Å². The van der Waals surface area contributed by atoms with Crippen molar-refractivity contribution < 1.29 is 5.11 Å². The lowest BCUT2D eigenvalue weighted by Gasteiger charge is -2.32. The molecule has 228 valence electrons. The zero-order chi connectivity index (χ0) is 31.6. The van der Waals surface area contributed by atoms with Crippen LogP contribution in [-0.2, 0) is 10.8 Å². The van der Waals surface area contributed by atoms with Gasteiger partial charge in [0.25, 0.3) is 0 Å². The Labute approximate surface area is 267 Å². The van der Waals surface area contributed by atoms with Crippen molar-refractivity contribution in [1.82, 2.24) is 15.0 Å². The van der Waals surface area contributed by atoms with E-state index in [0.717, 1.165) is 46.1 Å². The van der Waals surface area contributed by atoms with Gasteiger partial charge >= 0.3 is 0 Å². The number of hydrogen-bond acceptors (Lipinski definition) is 3. The van der Waals surface area contributed by atoms with Gasteiger partial charge in [0.05, 0.1) is 0 Å². The summed E-state index contributed by atoms with van der Waals surface area (Å²) in [6.45, 7) is 11.2. The number of aromatic nitrogens is 3. The molecule has 0 atom stereocenters. The molecule has 1 N–H and O–H groups in total. The Hall–Kier alpha value is -4.70. The second-order valence-electron chi connectivity index (χ2n) is 13.4. The van der Waals surface area contributed by atoms with Crippen LogP contribution in [0.5, 0.6) is 5.75 Å². The van der Waals surface area contributed by atoms with E-state index in [-0.39, 0.29) is 11.2 Å². The van der Waals surface area contributed by atoms with E-state index in [2.05, 4.69) is 132 Å². The predicted octanol–water partition coefficient (Wildman–Crippen LogP) is 10.6. The first-order valence-electron chi connectivity index (χ1n) is 16.1. The molecule has 0 saturated carbocycles. The van der Waals surface area contributed by atoms with Crippen molar-refractivity contribution in [3.63, 3.8) is 0 Å². The molecule has 0 fully saturated rings. The highest BCUT2D eigenvalue weighted by atomic mass is 16.3. The summed E-state index contributed by atoms with van der Waals surface area (Å²) < 4.78 is 0. The van der Waals surface area contributed by atoms with E-state index < -0.39 is 5.41 Å². The number of nitrogens with zero attached hydrogens (tertiary/aromatic N) is 3. The summed E-state index contributed by atoms with van der Waals surface area (Å²) in [5.41, 5.74) is 9.48. The van der Waals surface area contributed by atoms with Crippen molar-refractivity contribution in [2.45, 2.75) is 71.1 Å². The fourth-order valence-electron chi connectivity index (χ4n) is 6.30. The van der Waals surface area contributed by atoms with Gasteiger partial charge in [0.15, 0.2) is 0 Å². The van der Waals surface area contributed by atoms with Crippen molar-refractivity contribution in [2.75, 3.05) is 0 Å². The Morgan fingerprint density at radius 3 is 1.84 bits per heavy atom. The standard InChI is InChI=1S/C41H43N3O/c1-6-7-14-25-40(2,3)34-27-35(41(4,5)33-17-12-9-13-18-33)39(45)38(28-34)44-42-36-24-23-32(26-37(36)43-44)31-21-19-30(20-22-31)29-15-10-8-11-16-29/h8-13,15-24,26-28,45H,6-7,14,25H2,1-5H3. The molecular weight excluding hydrogens is 550 g/mol. The van der Waals surface area contributed by atoms with E-state index in [1.165, 1.54) is 29.5 Å². The average molecular weight is 594 g/mol. The van der Waals surface area contributed by atoms with Crippen LogP contribution in [0.3, 0.4) is 0 Å². The minimum Gasteiger partial charge on any atom is -0.505 e. The van der Waals surface area contributed by atoms with Gasteiger partial charge in [-0.15, -0.1) is 15.0 Å². The molecule has 0 unspecified atom stereocenters. The summed E-state index contributed by atoms with van der Waals surface area (Å²) in [6.07, 6.45) is 4.62. The maximum absolute atomic E-state index is 11.9. The van der Waals surface area contributed by atoms with Crippen LogP contribution in [0.1, 0.15) is 77.0 Å². The molecule has 0 amide bonds. The largest absolute Gasteiger partial charge is 0.505 e. The first-order chi connectivity index (χ1) is 21.7. The summed E-state index contributed by atoms with van der Waals surface area (Å²) in [6, 6.07) is 39.9. The third-order valence-electron chi connectivity index (χ3n) is 9.37. The lowest BCUT2D eigenvalue weighted by molar-refractivity contribution is 0.433. The third kappa shape index (κ3) is 6.15. The number of fused-ring (bicyclic) bond motifs is 1. The van der Waals surface area contributed by atoms with Crippen molar-refractivity contribution in [2.24, 2.45) is 0 Å². The van der Waals surface area contributed by atoms with E-state index >= 15 is 0 Å². The average Bonchev–Trinajstić information content (AvgIpc) is 3.49. The monoisotopic (exact) mass is 593 g/mol. The van der Waals surface area contributed by atoms with Crippen LogP contribution in [0, 0.1) is 0 Å². The second-order valence-corrected chi connectivity index (χ2v) is 13.4. The van der Waals surface area contributed by atoms with Crippen LogP contribution in [-0.4, -0.2) is 20.1 Å². The Bertz CT molecular complexity index is 1900. The Morgan fingerprint density at radius 2 is 1.18 bits per heavy atom. The molecule has 6 rings (SSSR count). The number of unbranched alkanes of at least 4 members (excludes halogenated alkanes) is 2. The van der Waals surface area contributed by atoms with Gasteiger partial charge in [0, 0.05) is 11.0 Å². The lowest BCUT2D eigenvalue weighted by Crippen LogP contribution is -2.23. The predicted molar refractivity (Wildman–Crippen MR) is 187 cm³/mol. The van der Waals surface area contributed by atoms with E-state index in [0.29, 0.717) is 5.69 Å². The molecule has 0 aliphatic heterocycles. The molecule has 0 bridgehead atoms. The maximum Gasteiger partial charge on any atom is 0.147 e. The molecule has 0 aliphatic carbocycles. The second kappa shape index (κ2) is 12.4. The minimum atomic E-state index is -0.429. The highest BCUT2D eigenvalue weighted by molar-refractivity contribution is 5.82. The zero-order valence-electron chi connectivity index (χ0n) is 27.1. The highest BCUT2D eigenvalue weighted by Crippen LogP contribution is 2.43. The van der Waals surface area contributed by atoms with Crippen LogP contribution in [0.4, 0.5) is 0 Å². The number of phenols is 1. The van der Waals surface area contributed by atoms with Gasteiger partial charge in [-0.3, -0.25) is 0 Å². The van der Waals surface area contributed by atoms with Gasteiger partial charge in [0.2, 0.25) is 0 Å². The van der Waals surface area contributed by atoms with Gasteiger partial charge in [0.1, 0.15) is 22.5 Å². The van der Waals surface area contributed by atoms with Crippen molar-refractivity contribution in [3.8, 4) is 33.7 Å². The molecule has 6 aromatic rings. The number of phenolic OH excluding ortho intramolecular Hbond substituents is 1. The summed E-state index contributed by atoms with van der Waals surface area (Å²) >= 11 is 0. The Kier molecular flexibility index (Phi) is 8.33. The molecule has 0 spiro atoms. The molecular formula is C41H43N3O. The van der Waals surface area contributed by atoms with Crippen LogP contribution in [0.25, 0.3) is 39.0 Å². The minimum absolute atomic E-state index is 0.0786. The van der Waals surface area contributed by atoms with Gasteiger partial charge < -0.3 is 5.11 Å². The molecule has 1 heterocycles. The van der Waals surface area contributed by atoms with Crippen LogP contribution < -0.4 is 0 Å². The molecule has 0 saturated heterocycles. The fourth-order valence-corrected chi connectivity index (χ4v) is 6.30. The molecule has 1 aromatic heterocycles. The zero-order valence-corrected chi connectivity index (χ0v) is 27.1. The van der Waals surface area contributed by atoms with E-state index in [4.69, 9.17) is 10.2 Å². The van der Waals surface area contributed by atoms with Gasteiger partial charge in [-0.2, -0.15) is 0 Å².